The van der Waals surface area contributed by atoms with Crippen molar-refractivity contribution in [3.63, 3.8) is 0 Å². The Bertz CT molecular complexity index is 1070. The van der Waals surface area contributed by atoms with Gasteiger partial charge >= 0.3 is 0 Å². The molecule has 3 rings (SSSR count). The van der Waals surface area contributed by atoms with Gasteiger partial charge in [-0.05, 0) is 44.5 Å². The number of carbonyl (C=O) groups is 5. The summed E-state index contributed by atoms with van der Waals surface area (Å²) in [5, 5.41) is 34.5. The lowest BCUT2D eigenvalue weighted by Gasteiger charge is -2.49. The lowest BCUT2D eigenvalue weighted by atomic mass is 9.56. The molecular weight excluding hydrogens is 446 g/mol. The zero-order valence-electron chi connectivity index (χ0n) is 19.2. The number of ketones is 3. The highest BCUT2D eigenvalue weighted by atomic mass is 16.3. The van der Waals surface area contributed by atoms with Gasteiger partial charge in [-0.15, -0.1) is 0 Å². The first-order chi connectivity index (χ1) is 15.8. The van der Waals surface area contributed by atoms with Crippen molar-refractivity contribution < 1.29 is 39.3 Å². The number of Topliss-reactive ketones (excluding diaryl/α,β-unsaturated/α-hetero) is 3. The maximum atomic E-state index is 13.7. The second-order valence-electron chi connectivity index (χ2n) is 9.24. The summed E-state index contributed by atoms with van der Waals surface area (Å²) >= 11 is 0. The van der Waals surface area contributed by atoms with Crippen molar-refractivity contribution in [2.75, 3.05) is 26.0 Å². The summed E-state index contributed by atoms with van der Waals surface area (Å²) < 4.78 is 0. The SMILES string of the molecule is CC(=O)Nc1ccc2c(c1O)C(=O)C1C(=O)[C@](O)(C(=O)CC(N)=O)[C@H]([C@@H](CO)N(C)C)C[C@@H]1C2. The molecule has 34 heavy (non-hydrogen) atoms. The second-order valence-corrected chi connectivity index (χ2v) is 9.24. The number of fused-ring (bicyclic) bond motifs is 2. The number of nitrogens with zero attached hydrogens (tertiary/aromatic N) is 1. The molecule has 11 heteroatoms. The topological polar surface area (TPSA) is 187 Å². The van der Waals surface area contributed by atoms with E-state index in [0.717, 1.165) is 0 Å². The highest BCUT2D eigenvalue weighted by Gasteiger charge is 2.62. The Labute approximate surface area is 195 Å². The van der Waals surface area contributed by atoms with E-state index in [4.69, 9.17) is 5.73 Å². The van der Waals surface area contributed by atoms with Crippen LogP contribution in [0, 0.1) is 17.8 Å². The van der Waals surface area contributed by atoms with Crippen molar-refractivity contribution >= 4 is 34.9 Å². The lowest BCUT2D eigenvalue weighted by molar-refractivity contribution is -0.171. The highest BCUT2D eigenvalue weighted by molar-refractivity contribution is 6.24. The standard InChI is InChI=1S/C23H29N3O8/c1-10(28)25-14-5-4-11-6-12-7-13(15(9-27)26(2)3)23(34,16(29)8-17(24)30)22(33)19(12)21(32)18(11)20(14)31/h4-5,12-13,15,19,27,31,34H,6-9H2,1-3H3,(H2,24,30)(H,25,28)/t12-,13-,15+,19?,23+/m0/s1. The third-order valence-corrected chi connectivity index (χ3v) is 6.88. The molecule has 2 aliphatic carbocycles. The van der Waals surface area contributed by atoms with Gasteiger partial charge in [-0.1, -0.05) is 6.07 Å². The van der Waals surface area contributed by atoms with E-state index in [1.165, 1.54) is 13.0 Å². The summed E-state index contributed by atoms with van der Waals surface area (Å²) in [5.41, 5.74) is 2.71. The van der Waals surface area contributed by atoms with Gasteiger partial charge in [0, 0.05) is 18.9 Å². The van der Waals surface area contributed by atoms with E-state index in [1.807, 2.05) is 0 Å². The molecule has 0 aromatic heterocycles. The minimum absolute atomic E-state index is 0.00722. The molecule has 0 heterocycles. The van der Waals surface area contributed by atoms with Gasteiger partial charge in [-0.2, -0.15) is 0 Å². The summed E-state index contributed by atoms with van der Waals surface area (Å²) in [6, 6.07) is 2.20. The number of anilines is 1. The van der Waals surface area contributed by atoms with Crippen molar-refractivity contribution in [3.8, 4) is 5.75 Å². The van der Waals surface area contributed by atoms with Crippen LogP contribution in [0.4, 0.5) is 5.69 Å². The molecule has 0 spiro atoms. The number of aromatic hydroxyl groups is 1. The molecule has 0 radical (unpaired) electrons. The molecule has 2 aliphatic rings. The number of hydrogen-bond donors (Lipinski definition) is 5. The second kappa shape index (κ2) is 9.24. The molecule has 1 unspecified atom stereocenters. The Balaban J connectivity index is 2.13. The fourth-order valence-corrected chi connectivity index (χ4v) is 5.33. The Morgan fingerprint density at radius 2 is 1.91 bits per heavy atom. The first kappa shape index (κ1) is 25.5. The molecular formula is C23H29N3O8. The van der Waals surface area contributed by atoms with Crippen LogP contribution in [0.5, 0.6) is 5.75 Å². The molecule has 5 atom stereocenters. The number of hydrogen-bond acceptors (Lipinski definition) is 9. The van der Waals surface area contributed by atoms with Gasteiger partial charge in [-0.3, -0.25) is 24.0 Å². The number of likely N-dealkylation sites (N-methyl/N-ethyl adjacent to an activating group) is 1. The number of phenolic OH excluding ortho intramolecular Hbond substituents is 1. The van der Waals surface area contributed by atoms with E-state index in [9.17, 15) is 39.3 Å². The predicted molar refractivity (Wildman–Crippen MR) is 119 cm³/mol. The van der Waals surface area contributed by atoms with Crippen molar-refractivity contribution in [2.24, 2.45) is 23.5 Å². The van der Waals surface area contributed by atoms with Crippen molar-refractivity contribution in [2.45, 2.75) is 37.8 Å². The summed E-state index contributed by atoms with van der Waals surface area (Å²) in [7, 11) is 3.22. The number of nitrogens with one attached hydrogen (secondary N) is 1. The summed E-state index contributed by atoms with van der Waals surface area (Å²) in [6.45, 7) is 0.744. The summed E-state index contributed by atoms with van der Waals surface area (Å²) in [4.78, 5) is 64.5. The molecule has 2 amide bonds. The van der Waals surface area contributed by atoms with Gasteiger partial charge in [0.1, 0.15) is 5.75 Å². The van der Waals surface area contributed by atoms with E-state index in [-0.39, 0.29) is 24.1 Å². The Kier molecular flexibility index (Phi) is 6.92. The number of benzene rings is 1. The smallest absolute Gasteiger partial charge is 0.225 e. The summed E-state index contributed by atoms with van der Waals surface area (Å²) in [5.74, 6) is -8.19. The van der Waals surface area contributed by atoms with E-state index >= 15 is 0 Å². The van der Waals surface area contributed by atoms with Gasteiger partial charge in [-0.25, -0.2) is 0 Å². The molecule has 6 N–H and O–H groups in total. The number of primary amides is 1. The number of nitrogens with two attached hydrogens (primary N) is 1. The van der Waals surface area contributed by atoms with Crippen LogP contribution in [-0.2, 0) is 25.6 Å². The van der Waals surface area contributed by atoms with Crippen molar-refractivity contribution in [1.82, 2.24) is 4.90 Å². The van der Waals surface area contributed by atoms with Crippen LogP contribution in [-0.4, -0.2) is 81.7 Å². The van der Waals surface area contributed by atoms with Crippen LogP contribution in [0.2, 0.25) is 0 Å². The minimum Gasteiger partial charge on any atom is -0.505 e. The largest absolute Gasteiger partial charge is 0.505 e. The number of aliphatic hydroxyl groups is 2. The summed E-state index contributed by atoms with van der Waals surface area (Å²) in [6.07, 6.45) is -0.696. The van der Waals surface area contributed by atoms with Gasteiger partial charge in [0.2, 0.25) is 11.8 Å². The third-order valence-electron chi connectivity index (χ3n) is 6.88. The molecule has 0 saturated heterocycles. The van der Waals surface area contributed by atoms with Crippen LogP contribution in [0.1, 0.15) is 35.7 Å². The average Bonchev–Trinajstić information content (AvgIpc) is 2.72. The minimum atomic E-state index is -2.73. The Morgan fingerprint density at radius 1 is 1.26 bits per heavy atom. The first-order valence-electron chi connectivity index (χ1n) is 10.9. The number of phenols is 1. The zero-order chi connectivity index (χ0) is 25.5. The molecule has 1 fully saturated rings. The van der Waals surface area contributed by atoms with E-state index < -0.39 is 77.3 Å². The van der Waals surface area contributed by atoms with E-state index in [2.05, 4.69) is 5.32 Å². The highest BCUT2D eigenvalue weighted by Crippen LogP contribution is 2.49. The average molecular weight is 475 g/mol. The fraction of sp³-hybridized carbons (Fsp3) is 0.522. The van der Waals surface area contributed by atoms with Gasteiger partial charge in [0.15, 0.2) is 23.0 Å². The Hall–Kier alpha value is -3.15. The van der Waals surface area contributed by atoms with Crippen LogP contribution < -0.4 is 11.1 Å². The number of rotatable bonds is 7. The molecule has 1 aromatic rings. The van der Waals surface area contributed by atoms with Crippen LogP contribution in [0.3, 0.4) is 0 Å². The van der Waals surface area contributed by atoms with Crippen molar-refractivity contribution in [1.29, 1.82) is 0 Å². The lowest BCUT2D eigenvalue weighted by Crippen LogP contribution is -2.67. The molecule has 1 saturated carbocycles. The van der Waals surface area contributed by atoms with Crippen LogP contribution in [0.15, 0.2) is 12.1 Å². The van der Waals surface area contributed by atoms with E-state index in [1.54, 1.807) is 25.1 Å². The molecule has 0 aliphatic heterocycles. The Morgan fingerprint density at radius 3 is 2.44 bits per heavy atom. The fourth-order valence-electron chi connectivity index (χ4n) is 5.33. The molecule has 1 aromatic carbocycles. The predicted octanol–water partition coefficient (Wildman–Crippen LogP) is -0.991. The van der Waals surface area contributed by atoms with Gasteiger partial charge < -0.3 is 31.3 Å². The zero-order valence-corrected chi connectivity index (χ0v) is 19.2. The maximum Gasteiger partial charge on any atom is 0.225 e. The van der Waals surface area contributed by atoms with Crippen LogP contribution in [0.25, 0.3) is 0 Å². The number of amides is 2. The van der Waals surface area contributed by atoms with E-state index in [0.29, 0.717) is 5.56 Å². The van der Waals surface area contributed by atoms with Crippen molar-refractivity contribution in [3.05, 3.63) is 23.3 Å². The molecule has 11 nitrogen and oxygen atoms in total. The monoisotopic (exact) mass is 475 g/mol. The van der Waals surface area contributed by atoms with Gasteiger partial charge in [0.05, 0.1) is 30.2 Å². The molecule has 184 valence electrons. The quantitative estimate of drug-likeness (QED) is 0.244. The number of carbonyl (C=O) groups excluding carboxylic acids is 5. The van der Waals surface area contributed by atoms with Crippen LogP contribution >= 0.6 is 0 Å². The molecule has 0 bridgehead atoms. The third kappa shape index (κ3) is 4.10. The first-order valence-corrected chi connectivity index (χ1v) is 10.9. The van der Waals surface area contributed by atoms with Gasteiger partial charge in [0.25, 0.3) is 0 Å². The normalized spacial score (nSPS) is 27.1. The maximum absolute atomic E-state index is 13.7. The number of aliphatic hydroxyl groups excluding tert-OH is 1.